The molecule has 0 radical (unpaired) electrons. The van der Waals surface area contributed by atoms with Gasteiger partial charge in [0.15, 0.2) is 5.65 Å². The lowest BCUT2D eigenvalue weighted by molar-refractivity contribution is 0.100. The van der Waals surface area contributed by atoms with Gasteiger partial charge in [0.2, 0.25) is 0 Å². The van der Waals surface area contributed by atoms with Gasteiger partial charge in [-0.15, -0.1) is 0 Å². The first kappa shape index (κ1) is 11.5. The van der Waals surface area contributed by atoms with Crippen LogP contribution in [0.15, 0.2) is 12.4 Å². The van der Waals surface area contributed by atoms with Gasteiger partial charge in [-0.05, 0) is 0 Å². The number of hydrogen-bond donors (Lipinski definition) is 2. The number of nitrogens with one attached hydrogen (secondary N) is 1. The van der Waals surface area contributed by atoms with Crippen LogP contribution in [0.25, 0.3) is 11.2 Å². The minimum atomic E-state index is -0.512. The molecule has 0 bridgehead atoms. The van der Waals surface area contributed by atoms with E-state index >= 15 is 0 Å². The Kier molecular flexibility index (Phi) is 3.06. The van der Waals surface area contributed by atoms with Gasteiger partial charge in [0.05, 0.1) is 24.1 Å². The van der Waals surface area contributed by atoms with Crippen LogP contribution in [-0.2, 0) is 4.74 Å². The minimum Gasteiger partial charge on any atom is -0.384 e. The molecule has 0 unspecified atom stereocenters. The number of nitrogens with two attached hydrogens (primary N) is 1. The van der Waals surface area contributed by atoms with Crippen molar-refractivity contribution in [3.8, 4) is 0 Å². The summed E-state index contributed by atoms with van der Waals surface area (Å²) in [5, 5.41) is 0. The van der Waals surface area contributed by atoms with Crippen LogP contribution in [0.2, 0.25) is 0 Å². The van der Waals surface area contributed by atoms with E-state index in [2.05, 4.69) is 15.0 Å². The molecule has 2 heterocycles. The van der Waals surface area contributed by atoms with Crippen molar-refractivity contribution in [1.29, 1.82) is 0 Å². The van der Waals surface area contributed by atoms with Crippen LogP contribution in [-0.4, -0.2) is 34.6 Å². The lowest BCUT2D eigenvalue weighted by Crippen LogP contribution is -2.11. The number of amides is 1. The molecule has 2 rings (SSSR count). The molecular weight excluding hydrogens is 220 g/mol. The Morgan fingerprint density at radius 1 is 1.65 bits per heavy atom. The van der Waals surface area contributed by atoms with E-state index in [1.54, 1.807) is 13.3 Å². The van der Waals surface area contributed by atoms with Crippen molar-refractivity contribution in [2.75, 3.05) is 13.7 Å². The molecule has 6 nitrogen and oxygen atoms in total. The lowest BCUT2D eigenvalue weighted by Gasteiger charge is -2.08. The van der Waals surface area contributed by atoms with Crippen molar-refractivity contribution >= 4 is 17.1 Å². The number of rotatable bonds is 4. The van der Waals surface area contributed by atoms with Crippen LogP contribution in [0.4, 0.5) is 0 Å². The number of methoxy groups -OCH3 is 1. The highest BCUT2D eigenvalue weighted by Gasteiger charge is 2.14. The third-order valence-corrected chi connectivity index (χ3v) is 2.59. The normalized spacial score (nSPS) is 12.8. The maximum Gasteiger partial charge on any atom is 0.252 e. The number of carbonyl (C=O) groups is 1. The highest BCUT2D eigenvalue weighted by Crippen LogP contribution is 2.18. The van der Waals surface area contributed by atoms with Crippen LogP contribution in [0.1, 0.15) is 28.9 Å². The molecule has 17 heavy (non-hydrogen) atoms. The van der Waals surface area contributed by atoms with Gasteiger partial charge in [-0.1, -0.05) is 6.92 Å². The smallest absolute Gasteiger partial charge is 0.252 e. The molecule has 1 amide bonds. The summed E-state index contributed by atoms with van der Waals surface area (Å²) >= 11 is 0. The molecule has 2 aromatic heterocycles. The third-order valence-electron chi connectivity index (χ3n) is 2.59. The number of aromatic amines is 1. The minimum absolute atomic E-state index is 0.118. The number of primary amides is 1. The fourth-order valence-corrected chi connectivity index (χ4v) is 1.67. The second-order valence-corrected chi connectivity index (χ2v) is 3.92. The fraction of sp³-hybridized carbons (Fsp3) is 0.364. The number of aromatic nitrogens is 3. The quantitative estimate of drug-likeness (QED) is 0.818. The first-order chi connectivity index (χ1) is 8.13. The number of carbonyl (C=O) groups excluding carboxylic acids is 1. The summed E-state index contributed by atoms with van der Waals surface area (Å²) in [5.74, 6) is -0.394. The van der Waals surface area contributed by atoms with Crippen molar-refractivity contribution in [1.82, 2.24) is 15.0 Å². The van der Waals surface area contributed by atoms with Gasteiger partial charge in [0, 0.05) is 19.2 Å². The van der Waals surface area contributed by atoms with Gasteiger partial charge >= 0.3 is 0 Å². The molecule has 0 saturated carbocycles. The Balaban J connectivity index is 2.47. The van der Waals surface area contributed by atoms with E-state index < -0.39 is 5.91 Å². The monoisotopic (exact) mass is 234 g/mol. The van der Waals surface area contributed by atoms with Gasteiger partial charge in [0.25, 0.3) is 5.91 Å². The first-order valence-corrected chi connectivity index (χ1v) is 5.26. The maximum atomic E-state index is 11.2. The van der Waals surface area contributed by atoms with Crippen LogP contribution in [0, 0.1) is 0 Å². The molecule has 0 fully saturated rings. The van der Waals surface area contributed by atoms with Crippen LogP contribution in [0.5, 0.6) is 0 Å². The zero-order valence-corrected chi connectivity index (χ0v) is 9.73. The topological polar surface area (TPSA) is 93.9 Å². The van der Waals surface area contributed by atoms with Crippen LogP contribution >= 0.6 is 0 Å². The summed E-state index contributed by atoms with van der Waals surface area (Å²) in [6, 6.07) is 0. The van der Waals surface area contributed by atoms with Gasteiger partial charge in [-0.3, -0.25) is 4.79 Å². The highest BCUT2D eigenvalue weighted by atomic mass is 16.5. The SMILES string of the molecule is COC[C@@H](C)c1cnc2[nH]cc(C(N)=O)c2n1. The van der Waals surface area contributed by atoms with Gasteiger partial charge in [-0.25, -0.2) is 9.97 Å². The van der Waals surface area contributed by atoms with E-state index in [4.69, 9.17) is 10.5 Å². The van der Waals surface area contributed by atoms with Crippen LogP contribution in [0.3, 0.4) is 0 Å². The van der Waals surface area contributed by atoms with Gasteiger partial charge < -0.3 is 15.5 Å². The summed E-state index contributed by atoms with van der Waals surface area (Å²) in [6.45, 7) is 2.53. The van der Waals surface area contributed by atoms with E-state index in [1.807, 2.05) is 6.92 Å². The van der Waals surface area contributed by atoms with Crippen LogP contribution < -0.4 is 5.73 Å². The Hall–Kier alpha value is -1.95. The fourth-order valence-electron chi connectivity index (χ4n) is 1.67. The summed E-state index contributed by atoms with van der Waals surface area (Å²) in [4.78, 5) is 22.7. The number of ether oxygens (including phenoxy) is 1. The summed E-state index contributed by atoms with van der Waals surface area (Å²) in [6.07, 6.45) is 3.20. The third kappa shape index (κ3) is 2.12. The largest absolute Gasteiger partial charge is 0.384 e. The molecule has 0 aliphatic carbocycles. The van der Waals surface area contributed by atoms with Gasteiger partial charge in [0.1, 0.15) is 5.52 Å². The first-order valence-electron chi connectivity index (χ1n) is 5.26. The number of fused-ring (bicyclic) bond motifs is 1. The van der Waals surface area contributed by atoms with E-state index in [0.717, 1.165) is 5.69 Å². The summed E-state index contributed by atoms with van der Waals surface area (Å²) in [5.41, 5.74) is 7.47. The van der Waals surface area contributed by atoms with E-state index in [9.17, 15) is 4.79 Å². The zero-order chi connectivity index (χ0) is 12.4. The molecule has 2 aromatic rings. The molecule has 0 aliphatic rings. The predicted octanol–water partition coefficient (Wildman–Crippen LogP) is 0.807. The van der Waals surface area contributed by atoms with Crippen molar-refractivity contribution < 1.29 is 9.53 Å². The molecule has 0 aromatic carbocycles. The standard InChI is InChI=1S/C11H14N4O2/c1-6(5-17-2)8-4-14-11-9(15-8)7(3-13-11)10(12)16/h3-4,6H,5H2,1-2H3,(H2,12,16)(H,13,14)/t6-/m1/s1. The molecule has 0 aliphatic heterocycles. The van der Waals surface area contributed by atoms with Gasteiger partial charge in [-0.2, -0.15) is 0 Å². The molecular formula is C11H14N4O2. The van der Waals surface area contributed by atoms with Crippen molar-refractivity contribution in [2.24, 2.45) is 5.73 Å². The number of H-pyrrole nitrogens is 1. The lowest BCUT2D eigenvalue weighted by atomic mass is 10.1. The maximum absolute atomic E-state index is 11.2. The summed E-state index contributed by atoms with van der Waals surface area (Å²) in [7, 11) is 1.63. The zero-order valence-electron chi connectivity index (χ0n) is 9.73. The Labute approximate surface area is 98.2 Å². The second kappa shape index (κ2) is 4.50. The summed E-state index contributed by atoms with van der Waals surface area (Å²) < 4.78 is 5.06. The molecule has 6 heteroatoms. The highest BCUT2D eigenvalue weighted by molar-refractivity contribution is 6.03. The Morgan fingerprint density at radius 3 is 3.06 bits per heavy atom. The predicted molar refractivity (Wildman–Crippen MR) is 62.7 cm³/mol. The number of nitrogens with zero attached hydrogens (tertiary/aromatic N) is 2. The van der Waals surface area contributed by atoms with Crippen molar-refractivity contribution in [2.45, 2.75) is 12.8 Å². The van der Waals surface area contributed by atoms with Crippen molar-refractivity contribution in [3.63, 3.8) is 0 Å². The molecule has 90 valence electrons. The second-order valence-electron chi connectivity index (χ2n) is 3.92. The molecule has 1 atom stereocenters. The Morgan fingerprint density at radius 2 is 2.41 bits per heavy atom. The van der Waals surface area contributed by atoms with E-state index in [-0.39, 0.29) is 5.92 Å². The van der Waals surface area contributed by atoms with E-state index in [1.165, 1.54) is 6.20 Å². The molecule has 0 spiro atoms. The average molecular weight is 234 g/mol. The van der Waals surface area contributed by atoms with Crippen molar-refractivity contribution in [3.05, 3.63) is 23.7 Å². The molecule has 0 saturated heterocycles. The van der Waals surface area contributed by atoms with E-state index in [0.29, 0.717) is 23.3 Å². The Bertz CT molecular complexity index is 549. The molecule has 3 N–H and O–H groups in total. The average Bonchev–Trinajstić information content (AvgIpc) is 2.71. The number of hydrogen-bond acceptors (Lipinski definition) is 4.